The molecule has 2 aliphatic rings. The Balaban J connectivity index is 2.32. The van der Waals surface area contributed by atoms with Gasteiger partial charge < -0.3 is 9.47 Å². The first-order valence-corrected chi connectivity index (χ1v) is 10.7. The minimum absolute atomic E-state index is 0.0368. The van der Waals surface area contributed by atoms with Gasteiger partial charge in [0.15, 0.2) is 11.5 Å². The number of hydrogen-bond acceptors (Lipinski definition) is 4. The van der Waals surface area contributed by atoms with Crippen LogP contribution in [0.5, 0.6) is 11.5 Å². The number of methoxy groups -OCH3 is 2. The van der Waals surface area contributed by atoms with Crippen molar-refractivity contribution in [1.29, 1.82) is 0 Å². The molecule has 2 bridgehead atoms. The number of ether oxygens (including phenoxy) is 2. The highest BCUT2D eigenvalue weighted by atomic mass is 79.9. The molecule has 0 amide bonds. The molecule has 1 fully saturated rings. The molecular formula is C13H14Br3NO4S. The Morgan fingerprint density at radius 2 is 1.91 bits per heavy atom. The second kappa shape index (κ2) is 5.61. The first-order chi connectivity index (χ1) is 10.3. The van der Waals surface area contributed by atoms with Gasteiger partial charge >= 0.3 is 0 Å². The Morgan fingerprint density at radius 3 is 2.45 bits per heavy atom. The Hall–Kier alpha value is 0.170. The van der Waals surface area contributed by atoms with Gasteiger partial charge in [0.25, 0.3) is 0 Å². The Kier molecular flexibility index (Phi) is 4.34. The average Bonchev–Trinajstić information content (AvgIpc) is 2.74. The lowest BCUT2D eigenvalue weighted by molar-refractivity contribution is 0.351. The topological polar surface area (TPSA) is 55.8 Å². The molecule has 2 aliphatic heterocycles. The lowest BCUT2D eigenvalue weighted by Gasteiger charge is -2.33. The fraction of sp³-hybridized carbons (Fsp3) is 0.538. The first kappa shape index (κ1) is 17.0. The monoisotopic (exact) mass is 517 g/mol. The van der Waals surface area contributed by atoms with Crippen LogP contribution in [0.1, 0.15) is 11.5 Å². The third-order valence-corrected chi connectivity index (χ3v) is 10.1. The summed E-state index contributed by atoms with van der Waals surface area (Å²) in [5.74, 6) is 0.906. The van der Waals surface area contributed by atoms with Gasteiger partial charge in [-0.3, -0.25) is 0 Å². The van der Waals surface area contributed by atoms with Crippen molar-refractivity contribution in [2.45, 2.75) is 20.1 Å². The summed E-state index contributed by atoms with van der Waals surface area (Å²) in [5.41, 5.74) is 0.740. The molecule has 122 valence electrons. The lowest BCUT2D eigenvalue weighted by Crippen LogP contribution is -2.38. The molecule has 0 radical (unpaired) electrons. The largest absolute Gasteiger partial charge is 0.493 e. The Morgan fingerprint density at radius 1 is 1.32 bits per heavy atom. The van der Waals surface area contributed by atoms with Crippen molar-refractivity contribution in [3.05, 3.63) is 17.7 Å². The quantitative estimate of drug-likeness (QED) is 0.455. The normalized spacial score (nSPS) is 35.0. The zero-order valence-electron chi connectivity index (χ0n) is 11.8. The van der Waals surface area contributed by atoms with E-state index >= 15 is 0 Å². The smallest absolute Gasteiger partial charge is 0.244 e. The maximum atomic E-state index is 12.9. The van der Waals surface area contributed by atoms with Gasteiger partial charge in [-0.25, -0.2) is 8.42 Å². The van der Waals surface area contributed by atoms with E-state index in [1.807, 2.05) is 0 Å². The van der Waals surface area contributed by atoms with Crippen LogP contribution in [-0.4, -0.2) is 48.1 Å². The van der Waals surface area contributed by atoms with Crippen molar-refractivity contribution < 1.29 is 17.9 Å². The van der Waals surface area contributed by atoms with E-state index in [0.29, 0.717) is 23.4 Å². The van der Waals surface area contributed by atoms with E-state index in [9.17, 15) is 8.42 Å². The molecule has 1 saturated heterocycles. The van der Waals surface area contributed by atoms with Crippen molar-refractivity contribution in [2.75, 3.05) is 26.1 Å². The van der Waals surface area contributed by atoms with Crippen molar-refractivity contribution in [3.63, 3.8) is 0 Å². The molecule has 0 N–H and O–H groups in total. The SMILES string of the molecule is COc1cc2c(cc1OC)S(=O)(=O)N1C[C@@](Br)(CBr)[C@@H]2[C@@H]1Br. The van der Waals surface area contributed by atoms with Gasteiger partial charge in [0.2, 0.25) is 10.0 Å². The fourth-order valence-corrected chi connectivity index (χ4v) is 8.29. The van der Waals surface area contributed by atoms with Crippen LogP contribution in [0, 0.1) is 0 Å². The molecular weight excluding hydrogens is 506 g/mol. The summed E-state index contributed by atoms with van der Waals surface area (Å²) in [7, 11) is -0.542. The summed E-state index contributed by atoms with van der Waals surface area (Å²) in [6, 6.07) is 3.32. The third-order valence-electron chi connectivity index (χ3n) is 4.19. The van der Waals surface area contributed by atoms with Crippen LogP contribution >= 0.6 is 47.8 Å². The molecule has 0 aromatic heterocycles. The summed E-state index contributed by atoms with van der Waals surface area (Å²) in [6.07, 6.45) is 0. The van der Waals surface area contributed by atoms with Crippen molar-refractivity contribution in [1.82, 2.24) is 4.31 Å². The zero-order valence-corrected chi connectivity index (χ0v) is 17.4. The maximum absolute atomic E-state index is 12.9. The van der Waals surface area contributed by atoms with E-state index in [4.69, 9.17) is 9.47 Å². The van der Waals surface area contributed by atoms with Crippen molar-refractivity contribution in [2.24, 2.45) is 0 Å². The summed E-state index contributed by atoms with van der Waals surface area (Å²) in [4.78, 5) is -0.00634. The molecule has 1 aromatic carbocycles. The number of rotatable bonds is 3. The van der Waals surface area contributed by atoms with Crippen LogP contribution in [0.4, 0.5) is 0 Å². The molecule has 4 atom stereocenters. The molecule has 9 heteroatoms. The van der Waals surface area contributed by atoms with Crippen LogP contribution in [-0.2, 0) is 10.0 Å². The molecule has 0 aliphatic carbocycles. The van der Waals surface area contributed by atoms with Crippen LogP contribution < -0.4 is 9.47 Å². The second-order valence-electron chi connectivity index (χ2n) is 5.31. The highest BCUT2D eigenvalue weighted by Gasteiger charge is 2.59. The number of hydrogen-bond donors (Lipinski definition) is 0. The zero-order chi connectivity index (χ0) is 16.3. The standard InChI is InChI=1S/C13H14Br3NO4S/c1-20-8-3-7-10(4-9(8)21-2)22(18,19)17-6-13(16,5-14)11(7)12(17)15/h3-4,11-12H,5-6H2,1-2H3/t11-,12+,13-/m0/s1. The fourth-order valence-electron chi connectivity index (χ4n) is 3.10. The number of fused-ring (bicyclic) bond motifs is 4. The summed E-state index contributed by atoms with van der Waals surface area (Å²) in [6.45, 7) is 0.389. The molecule has 2 heterocycles. The number of sulfonamides is 1. The Labute approximate surface area is 154 Å². The molecule has 5 nitrogen and oxygen atoms in total. The van der Waals surface area contributed by atoms with E-state index in [2.05, 4.69) is 47.8 Å². The van der Waals surface area contributed by atoms with Gasteiger partial charge in [-0.05, 0) is 11.6 Å². The highest BCUT2D eigenvalue weighted by molar-refractivity contribution is 9.12. The average molecular weight is 520 g/mol. The number of alkyl halides is 3. The summed E-state index contributed by atoms with van der Waals surface area (Å²) < 4.78 is 37.5. The van der Waals surface area contributed by atoms with Crippen LogP contribution in [0.2, 0.25) is 0 Å². The van der Waals surface area contributed by atoms with Crippen LogP contribution in [0.15, 0.2) is 17.0 Å². The van der Waals surface area contributed by atoms with Gasteiger partial charge in [-0.2, -0.15) is 4.31 Å². The van der Waals surface area contributed by atoms with Crippen molar-refractivity contribution >= 4 is 57.8 Å². The molecule has 3 rings (SSSR count). The Bertz CT molecular complexity index is 726. The van der Waals surface area contributed by atoms with E-state index in [1.54, 1.807) is 19.2 Å². The number of halogens is 3. The van der Waals surface area contributed by atoms with Gasteiger partial charge in [0, 0.05) is 23.9 Å². The van der Waals surface area contributed by atoms with E-state index < -0.39 is 10.0 Å². The molecule has 1 aromatic rings. The van der Waals surface area contributed by atoms with Gasteiger partial charge in [0.05, 0.1) is 28.4 Å². The van der Waals surface area contributed by atoms with E-state index in [1.165, 1.54) is 11.4 Å². The minimum Gasteiger partial charge on any atom is -0.493 e. The van der Waals surface area contributed by atoms with Gasteiger partial charge in [0.1, 0.15) is 0 Å². The van der Waals surface area contributed by atoms with E-state index in [-0.39, 0.29) is 20.1 Å². The minimum atomic E-state index is -3.58. The number of benzene rings is 1. The third kappa shape index (κ3) is 2.19. The van der Waals surface area contributed by atoms with Crippen LogP contribution in [0.25, 0.3) is 0 Å². The summed E-state index contributed by atoms with van der Waals surface area (Å²) in [5, 5.41) is 0.632. The van der Waals surface area contributed by atoms with Gasteiger partial charge in [-0.1, -0.05) is 47.8 Å². The van der Waals surface area contributed by atoms with Crippen LogP contribution in [0.3, 0.4) is 0 Å². The highest BCUT2D eigenvalue weighted by Crippen LogP contribution is 2.57. The number of nitrogens with zero attached hydrogens (tertiary/aromatic N) is 1. The molecule has 0 saturated carbocycles. The lowest BCUT2D eigenvalue weighted by atomic mass is 9.89. The predicted molar refractivity (Wildman–Crippen MR) is 94.3 cm³/mol. The second-order valence-corrected chi connectivity index (χ2v) is 10.3. The summed E-state index contributed by atoms with van der Waals surface area (Å²) >= 11 is 10.8. The van der Waals surface area contributed by atoms with E-state index in [0.717, 1.165) is 5.56 Å². The molecule has 22 heavy (non-hydrogen) atoms. The molecule has 0 spiro atoms. The maximum Gasteiger partial charge on any atom is 0.244 e. The van der Waals surface area contributed by atoms with Crippen molar-refractivity contribution in [3.8, 4) is 11.5 Å². The van der Waals surface area contributed by atoms with Gasteiger partial charge in [-0.15, -0.1) is 0 Å². The predicted octanol–water partition coefficient (Wildman–Crippen LogP) is 3.05. The molecule has 1 unspecified atom stereocenters. The first-order valence-electron chi connectivity index (χ1n) is 6.47.